The van der Waals surface area contributed by atoms with E-state index in [1.54, 1.807) is 50.6 Å². The van der Waals surface area contributed by atoms with Crippen LogP contribution in [0.15, 0.2) is 102 Å². The Balaban J connectivity index is 0.000000179. The lowest BCUT2D eigenvalue weighted by Crippen LogP contribution is -2.58. The molecule has 0 amide bonds. The summed E-state index contributed by atoms with van der Waals surface area (Å²) in [5.41, 5.74) is 9.80. The van der Waals surface area contributed by atoms with Gasteiger partial charge in [-0.2, -0.15) is 29.8 Å². The maximum Gasteiger partial charge on any atom is 0.339 e. The van der Waals surface area contributed by atoms with Gasteiger partial charge in [0.05, 0.1) is 73.4 Å². The van der Waals surface area contributed by atoms with E-state index in [1.807, 2.05) is 53.7 Å². The minimum absolute atomic E-state index is 0. The number of fused-ring (bicyclic) bond motifs is 2. The molecule has 0 atom stereocenters. The van der Waals surface area contributed by atoms with E-state index in [-0.39, 0.29) is 104 Å². The van der Waals surface area contributed by atoms with E-state index in [0.717, 1.165) is 11.4 Å². The number of Topliss-reactive ketones (excluding diaryl/α,β-unsaturated/α-hetero) is 1. The predicted molar refractivity (Wildman–Crippen MR) is 357 cm³/mol. The molecule has 2 N–H and O–H groups in total. The molecule has 97 heavy (non-hydrogen) atoms. The molecule has 4 fully saturated rings. The molecule has 1 aliphatic heterocycles. The van der Waals surface area contributed by atoms with Gasteiger partial charge in [-0.1, -0.05) is 103 Å². The van der Waals surface area contributed by atoms with Crippen LogP contribution < -0.4 is 5.73 Å². The van der Waals surface area contributed by atoms with E-state index in [0.29, 0.717) is 70.1 Å². The minimum atomic E-state index is -2.84. The molecule has 1 spiro atoms. The second-order valence-electron chi connectivity index (χ2n) is 25.3. The SMILES string of the molecule is C.C.CC(C)c1cc(-c2ccc(F)c(Cl)c2)nn1C1(CN)CC(F)(F)C1.CF.Fc1ccc(-c2cc3n(n2)C2(CN=C3)CC(F)(F)C2)cc1Cl.[C-]#[N+]C1(n2nc(-c3ccc(F)c(Cl)c3)cc2C(C)C)CC(=O)C1.[C-]#[N+]C1(n2nc(-c3ccc(F)c(Cl)c3)cc2C(C)C)CC(F)(F)C1. The quantitative estimate of drug-likeness (QED) is 0.101. The molecule has 4 aliphatic carbocycles. The van der Waals surface area contributed by atoms with Gasteiger partial charge < -0.3 is 5.73 Å². The minimum Gasteiger partial charge on any atom is -0.328 e. The predicted octanol–water partition coefficient (Wildman–Crippen LogP) is 20.2. The molecule has 0 unspecified atom stereocenters. The van der Waals surface area contributed by atoms with Crippen LogP contribution in [-0.2, 0) is 27.2 Å². The normalized spacial score (nSPS) is 17.8. The van der Waals surface area contributed by atoms with Crippen molar-refractivity contribution in [3.05, 3.63) is 186 Å². The lowest BCUT2D eigenvalue weighted by Gasteiger charge is -2.48. The van der Waals surface area contributed by atoms with Gasteiger partial charge in [0.1, 0.15) is 49.0 Å². The highest BCUT2D eigenvalue weighted by molar-refractivity contribution is 6.32. The number of aromatic nitrogens is 8. The van der Waals surface area contributed by atoms with Gasteiger partial charge in [0.2, 0.25) is 0 Å². The van der Waals surface area contributed by atoms with Gasteiger partial charge in [0.15, 0.2) is 5.78 Å². The van der Waals surface area contributed by atoms with E-state index >= 15 is 0 Å². The molecule has 518 valence electrons. The Hall–Kier alpha value is -7.61. The van der Waals surface area contributed by atoms with Crippen molar-refractivity contribution in [2.75, 3.05) is 20.3 Å². The first-order valence-corrected chi connectivity index (χ1v) is 31.3. The Bertz CT molecular complexity index is 4300. The van der Waals surface area contributed by atoms with Gasteiger partial charge in [-0.05, 0) is 115 Å². The third-order valence-electron chi connectivity index (χ3n) is 17.1. The smallest absolute Gasteiger partial charge is 0.328 e. The summed E-state index contributed by atoms with van der Waals surface area (Å²) in [5, 5.41) is 17.9. The third kappa shape index (κ3) is 15.5. The lowest BCUT2D eigenvalue weighted by atomic mass is 9.73. The number of hydrogen-bond donors (Lipinski definition) is 1. The number of benzene rings is 4. The van der Waals surface area contributed by atoms with Crippen molar-refractivity contribution < 1.29 is 53.1 Å². The second kappa shape index (κ2) is 29.1. The Morgan fingerprint density at radius 2 is 0.804 bits per heavy atom. The van der Waals surface area contributed by atoms with Crippen molar-refractivity contribution in [3.63, 3.8) is 0 Å². The summed E-state index contributed by atoms with van der Waals surface area (Å²) in [4.78, 5) is 22.8. The third-order valence-corrected chi connectivity index (χ3v) is 18.2. The van der Waals surface area contributed by atoms with Crippen molar-refractivity contribution in [2.24, 2.45) is 10.7 Å². The lowest BCUT2D eigenvalue weighted by molar-refractivity contribution is -0.153. The average molecular weight is 1440 g/mol. The van der Waals surface area contributed by atoms with Crippen LogP contribution in [0.3, 0.4) is 0 Å². The largest absolute Gasteiger partial charge is 0.339 e. The molecule has 4 aromatic heterocycles. The molecule has 4 aromatic carbocycles. The van der Waals surface area contributed by atoms with Crippen molar-refractivity contribution in [3.8, 4) is 45.0 Å². The second-order valence-corrected chi connectivity index (χ2v) is 26.9. The highest BCUT2D eigenvalue weighted by atomic mass is 35.5. The molecule has 5 aliphatic rings. The van der Waals surface area contributed by atoms with E-state index in [2.05, 4.69) is 35.1 Å². The number of ketones is 1. The van der Waals surface area contributed by atoms with Crippen molar-refractivity contribution >= 4 is 58.4 Å². The first-order valence-electron chi connectivity index (χ1n) is 29.8. The van der Waals surface area contributed by atoms with Crippen LogP contribution in [0.1, 0.15) is 148 Å². The van der Waals surface area contributed by atoms with Crippen LogP contribution in [-0.4, -0.2) is 89.2 Å². The highest BCUT2D eigenvalue weighted by Gasteiger charge is 2.66. The molecular formula is C69H71Cl4F11N12O. The zero-order chi connectivity index (χ0) is 69.7. The molecule has 13 nitrogen and oxygen atoms in total. The molecule has 0 bridgehead atoms. The molecule has 5 heterocycles. The van der Waals surface area contributed by atoms with Gasteiger partial charge in [-0.15, -0.1) is 0 Å². The van der Waals surface area contributed by atoms with Crippen molar-refractivity contribution in [1.82, 2.24) is 39.1 Å². The molecule has 4 saturated carbocycles. The highest BCUT2D eigenvalue weighted by Crippen LogP contribution is 2.55. The van der Waals surface area contributed by atoms with Gasteiger partial charge in [0.25, 0.3) is 17.8 Å². The summed E-state index contributed by atoms with van der Waals surface area (Å²) in [7, 11) is 0.500. The van der Waals surface area contributed by atoms with Gasteiger partial charge in [-0.3, -0.25) is 33.2 Å². The van der Waals surface area contributed by atoms with Crippen LogP contribution >= 0.6 is 46.4 Å². The van der Waals surface area contributed by atoms with Gasteiger partial charge in [0, 0.05) is 77.8 Å². The molecule has 28 heteroatoms. The zero-order valence-corrected chi connectivity index (χ0v) is 55.2. The number of carbonyl (C=O) groups is 1. The number of hydrogen-bond acceptors (Lipinski definition) is 7. The first kappa shape index (κ1) is 76.8. The summed E-state index contributed by atoms with van der Waals surface area (Å²) in [6.07, 6.45) is -0.246. The van der Waals surface area contributed by atoms with Crippen molar-refractivity contribution in [1.29, 1.82) is 0 Å². The number of alkyl halides is 7. The van der Waals surface area contributed by atoms with Crippen LogP contribution in [0.5, 0.6) is 0 Å². The number of nitrogens with zero attached hydrogens (tertiary/aromatic N) is 11. The van der Waals surface area contributed by atoms with Crippen LogP contribution in [0, 0.1) is 36.4 Å². The fraction of sp³-hybridized carbons (Fsp3) is 0.420. The summed E-state index contributed by atoms with van der Waals surface area (Å²) in [5.74, 6) is -9.97. The molecule has 13 rings (SSSR count). The Morgan fingerprint density at radius 3 is 1.11 bits per heavy atom. The average Bonchev–Trinajstić information content (AvgIpc) is 1.63. The number of rotatable bonds is 11. The van der Waals surface area contributed by atoms with E-state index in [9.17, 15) is 53.1 Å². The summed E-state index contributed by atoms with van der Waals surface area (Å²) < 4.78 is 150. The first-order chi connectivity index (χ1) is 44.6. The molecule has 0 radical (unpaired) electrons. The topological polar surface area (TPSA) is 135 Å². The fourth-order valence-corrected chi connectivity index (χ4v) is 13.0. The fourth-order valence-electron chi connectivity index (χ4n) is 12.3. The Labute approximate surface area is 575 Å². The Morgan fingerprint density at radius 1 is 0.485 bits per heavy atom. The Kier molecular flexibility index (Phi) is 23.0. The number of nitrogens with two attached hydrogens (primary N) is 1. The van der Waals surface area contributed by atoms with Crippen LogP contribution in [0.25, 0.3) is 54.7 Å². The van der Waals surface area contributed by atoms with Gasteiger partial charge in [-0.25, -0.2) is 57.0 Å². The van der Waals surface area contributed by atoms with E-state index in [1.165, 1.54) is 59.3 Å². The van der Waals surface area contributed by atoms with Gasteiger partial charge >= 0.3 is 11.3 Å². The van der Waals surface area contributed by atoms with Crippen LogP contribution in [0.2, 0.25) is 20.1 Å². The maximum absolute atomic E-state index is 13.5. The summed E-state index contributed by atoms with van der Waals surface area (Å²) in [6, 6.07) is 24.5. The molecular weight excluding hydrogens is 1360 g/mol. The summed E-state index contributed by atoms with van der Waals surface area (Å²) in [6.45, 7) is 27.0. The van der Waals surface area contributed by atoms with E-state index < -0.39 is 76.3 Å². The number of carbonyl (C=O) groups excluding carboxylic acids is 1. The standard InChI is InChI=1S/C17H15ClF3N3.C17H19ClF3N3.C17H15ClFN3O.C15H11ClF3N3.CH3F.2CH4/c1-10(2)15-7-14(11-4-5-13(19)12(18)6-11)23-24(15)17(22-3)8-16(20,21)9-17;1-10(2)15-6-14(11-3-4-13(19)12(18)5-11)23-24(15)16(9-22)7-17(20,21)8-16;1-10(2)16-7-15(11-4-5-14(19)13(18)6-11)21-22(16)17(20-3)8-12(23)9-17;16-11-3-9(1-2-12(11)17)13-4-10-5-20-8-14(22(10)21-13)6-15(18,19)7-14;1-2;;/h4-7,10H,8-9H2,1-2H3;3-6,10H,7-9,22H2,1-2H3;4-7,10H,8-9H2,1-2H3;1-5H,6-8H2;1H3;2*1H4. The zero-order valence-electron chi connectivity index (χ0n) is 52.2. The molecule has 8 aromatic rings. The van der Waals surface area contributed by atoms with E-state index in [4.69, 9.17) is 65.3 Å². The monoisotopic (exact) mass is 1430 g/mol. The van der Waals surface area contributed by atoms with Crippen molar-refractivity contribution in [2.45, 2.75) is 166 Å². The number of aliphatic imine (C=N–C) groups is 1. The van der Waals surface area contributed by atoms with Crippen LogP contribution in [0.4, 0.5) is 48.3 Å². The maximum atomic E-state index is 13.5. The molecule has 0 saturated heterocycles. The summed E-state index contributed by atoms with van der Waals surface area (Å²) >= 11 is 23.3. The number of halogens is 15.